The van der Waals surface area contributed by atoms with Crippen molar-refractivity contribution in [1.29, 1.82) is 0 Å². The van der Waals surface area contributed by atoms with Gasteiger partial charge in [0.05, 0.1) is 6.10 Å². The van der Waals surface area contributed by atoms with Crippen molar-refractivity contribution in [3.8, 4) is 0 Å². The van der Waals surface area contributed by atoms with Crippen LogP contribution in [0.5, 0.6) is 0 Å². The molecule has 5 heteroatoms. The highest BCUT2D eigenvalue weighted by atomic mass is 32.2. The summed E-state index contributed by atoms with van der Waals surface area (Å²) >= 11 is 1.81. The van der Waals surface area contributed by atoms with E-state index in [0.717, 1.165) is 43.9 Å². The number of carbonyl (C=O) groups excluding carboxylic acids is 1. The van der Waals surface area contributed by atoms with Crippen molar-refractivity contribution in [3.63, 3.8) is 0 Å². The quantitative estimate of drug-likeness (QED) is 0.805. The Morgan fingerprint density at radius 2 is 2.33 bits per heavy atom. The van der Waals surface area contributed by atoms with Gasteiger partial charge in [-0.2, -0.15) is 11.8 Å². The first-order chi connectivity index (χ1) is 8.48. The highest BCUT2D eigenvalue weighted by Crippen LogP contribution is 2.42. The molecule has 2 saturated heterocycles. The van der Waals surface area contributed by atoms with E-state index in [2.05, 4.69) is 19.2 Å². The monoisotopic (exact) mass is 272 g/mol. The number of nitrogens with one attached hydrogen (secondary N) is 1. The molecule has 0 radical (unpaired) electrons. The van der Waals surface area contributed by atoms with Gasteiger partial charge < -0.3 is 10.5 Å². The van der Waals surface area contributed by atoms with Gasteiger partial charge in [-0.25, -0.2) is 0 Å². The first-order valence-corrected chi connectivity index (χ1v) is 7.88. The Balaban J connectivity index is 2.07. The van der Waals surface area contributed by atoms with E-state index in [4.69, 9.17) is 10.5 Å². The fourth-order valence-electron chi connectivity index (χ4n) is 2.84. The summed E-state index contributed by atoms with van der Waals surface area (Å²) < 4.78 is 5.62. The number of thioether (sulfide) groups is 1. The Bertz CT molecular complexity index is 316. The van der Waals surface area contributed by atoms with Gasteiger partial charge in [0, 0.05) is 18.9 Å². The maximum Gasteiger partial charge on any atom is 0.239 e. The number of carbonyl (C=O) groups is 1. The van der Waals surface area contributed by atoms with Crippen LogP contribution < -0.4 is 11.1 Å². The molecule has 2 aliphatic heterocycles. The van der Waals surface area contributed by atoms with Crippen molar-refractivity contribution >= 4 is 17.7 Å². The molecule has 3 N–H and O–H groups in total. The van der Waals surface area contributed by atoms with Crippen LogP contribution in [-0.4, -0.2) is 42.2 Å². The lowest BCUT2D eigenvalue weighted by atomic mass is 9.70. The highest BCUT2D eigenvalue weighted by Gasteiger charge is 2.51. The molecule has 2 unspecified atom stereocenters. The Hall–Kier alpha value is -0.260. The molecule has 2 rings (SSSR count). The van der Waals surface area contributed by atoms with Gasteiger partial charge in [-0.3, -0.25) is 10.1 Å². The van der Waals surface area contributed by atoms with Gasteiger partial charge in [0.15, 0.2) is 0 Å². The third kappa shape index (κ3) is 2.53. The minimum atomic E-state index is -0.595. The molecule has 2 heterocycles. The standard InChI is InChI=1S/C13H24N2O2S/c1-12(2)5-7-18-9-13(12,11(14)16)15-8-10-4-3-6-17-10/h10,15H,3-9H2,1-2H3,(H2,14,16). The van der Waals surface area contributed by atoms with Gasteiger partial charge >= 0.3 is 0 Å². The number of primary amides is 1. The van der Waals surface area contributed by atoms with E-state index in [9.17, 15) is 4.79 Å². The smallest absolute Gasteiger partial charge is 0.239 e. The van der Waals surface area contributed by atoms with Gasteiger partial charge in [-0.05, 0) is 30.4 Å². The van der Waals surface area contributed by atoms with E-state index >= 15 is 0 Å². The number of amides is 1. The third-order valence-corrected chi connectivity index (χ3v) is 5.55. The van der Waals surface area contributed by atoms with E-state index in [-0.39, 0.29) is 17.4 Å². The lowest BCUT2D eigenvalue weighted by Crippen LogP contribution is -2.68. The van der Waals surface area contributed by atoms with E-state index < -0.39 is 5.54 Å². The summed E-state index contributed by atoms with van der Waals surface area (Å²) in [4.78, 5) is 12.0. The minimum absolute atomic E-state index is 0.0946. The van der Waals surface area contributed by atoms with Gasteiger partial charge in [0.2, 0.25) is 5.91 Å². The Morgan fingerprint density at radius 3 is 2.89 bits per heavy atom. The molecule has 18 heavy (non-hydrogen) atoms. The van der Waals surface area contributed by atoms with E-state index in [1.54, 1.807) is 0 Å². The predicted octanol–water partition coefficient (Wildman–Crippen LogP) is 1.14. The van der Waals surface area contributed by atoms with Crippen LogP contribution in [0.25, 0.3) is 0 Å². The maximum absolute atomic E-state index is 12.0. The molecule has 2 aliphatic rings. The molecule has 2 atom stereocenters. The summed E-state index contributed by atoms with van der Waals surface area (Å²) in [6.45, 7) is 5.85. The fraction of sp³-hybridized carbons (Fsp3) is 0.923. The van der Waals surface area contributed by atoms with E-state index in [1.807, 2.05) is 11.8 Å². The van der Waals surface area contributed by atoms with Crippen LogP contribution >= 0.6 is 11.8 Å². The second kappa shape index (κ2) is 5.39. The van der Waals surface area contributed by atoms with Crippen LogP contribution in [0.1, 0.15) is 33.1 Å². The summed E-state index contributed by atoms with van der Waals surface area (Å²) in [6, 6.07) is 0. The van der Waals surface area contributed by atoms with Crippen molar-refractivity contribution in [2.24, 2.45) is 11.1 Å². The highest BCUT2D eigenvalue weighted by molar-refractivity contribution is 7.99. The van der Waals surface area contributed by atoms with Gasteiger partial charge in [-0.1, -0.05) is 13.8 Å². The van der Waals surface area contributed by atoms with E-state index in [1.165, 1.54) is 0 Å². The molecule has 0 aromatic heterocycles. The summed E-state index contributed by atoms with van der Waals surface area (Å²) in [5, 5.41) is 3.45. The summed E-state index contributed by atoms with van der Waals surface area (Å²) in [5.41, 5.74) is 5.02. The molecule has 4 nitrogen and oxygen atoms in total. The van der Waals surface area contributed by atoms with Crippen LogP contribution in [0.2, 0.25) is 0 Å². The van der Waals surface area contributed by atoms with Crippen LogP contribution in [-0.2, 0) is 9.53 Å². The minimum Gasteiger partial charge on any atom is -0.377 e. The maximum atomic E-state index is 12.0. The Morgan fingerprint density at radius 1 is 1.56 bits per heavy atom. The number of rotatable bonds is 4. The van der Waals surface area contributed by atoms with E-state index in [0.29, 0.717) is 0 Å². The van der Waals surface area contributed by atoms with Gasteiger partial charge in [0.1, 0.15) is 5.54 Å². The number of ether oxygens (including phenoxy) is 1. The topological polar surface area (TPSA) is 64.3 Å². The summed E-state index contributed by atoms with van der Waals surface area (Å²) in [6.07, 6.45) is 3.45. The second-order valence-corrected chi connectivity index (χ2v) is 7.08. The molecule has 0 bridgehead atoms. The van der Waals surface area contributed by atoms with Gasteiger partial charge in [0.25, 0.3) is 0 Å². The number of hydrogen-bond acceptors (Lipinski definition) is 4. The van der Waals surface area contributed by atoms with Crippen LogP contribution in [0.3, 0.4) is 0 Å². The third-order valence-electron chi connectivity index (χ3n) is 4.42. The van der Waals surface area contributed by atoms with Gasteiger partial charge in [-0.15, -0.1) is 0 Å². The summed E-state index contributed by atoms with van der Waals surface area (Å²) in [7, 11) is 0. The molecule has 0 aromatic carbocycles. The average Bonchev–Trinajstić information content (AvgIpc) is 2.80. The predicted molar refractivity (Wildman–Crippen MR) is 74.6 cm³/mol. The SMILES string of the molecule is CC1(C)CCSCC1(NCC1CCCO1)C(N)=O. The van der Waals surface area contributed by atoms with Crippen molar-refractivity contribution in [1.82, 2.24) is 5.32 Å². The van der Waals surface area contributed by atoms with Crippen molar-refractivity contribution in [2.75, 3.05) is 24.7 Å². The molecule has 0 spiro atoms. The summed E-state index contributed by atoms with van der Waals surface area (Å²) in [5.74, 6) is 1.64. The molecular formula is C13H24N2O2S. The number of nitrogens with two attached hydrogens (primary N) is 1. The van der Waals surface area contributed by atoms with Crippen molar-refractivity contribution in [2.45, 2.75) is 44.8 Å². The molecular weight excluding hydrogens is 248 g/mol. The normalized spacial score (nSPS) is 35.6. The molecule has 2 fully saturated rings. The van der Waals surface area contributed by atoms with Crippen molar-refractivity contribution in [3.05, 3.63) is 0 Å². The lowest BCUT2D eigenvalue weighted by molar-refractivity contribution is -0.128. The lowest BCUT2D eigenvalue weighted by Gasteiger charge is -2.48. The zero-order chi connectivity index (χ0) is 13.2. The molecule has 1 amide bonds. The first-order valence-electron chi connectivity index (χ1n) is 6.72. The zero-order valence-corrected chi connectivity index (χ0v) is 12.1. The number of hydrogen-bond donors (Lipinski definition) is 2. The van der Waals surface area contributed by atoms with Crippen LogP contribution in [0.15, 0.2) is 0 Å². The van der Waals surface area contributed by atoms with Crippen LogP contribution in [0.4, 0.5) is 0 Å². The molecule has 104 valence electrons. The molecule has 0 aliphatic carbocycles. The Kier molecular flexibility index (Phi) is 4.24. The molecule has 0 aromatic rings. The zero-order valence-electron chi connectivity index (χ0n) is 11.3. The fourth-order valence-corrected chi connectivity index (χ4v) is 4.58. The second-order valence-electron chi connectivity index (χ2n) is 5.97. The van der Waals surface area contributed by atoms with Crippen molar-refractivity contribution < 1.29 is 9.53 Å². The largest absolute Gasteiger partial charge is 0.377 e. The Labute approximate surface area is 113 Å². The average molecular weight is 272 g/mol. The first kappa shape index (κ1) is 14.2. The van der Waals surface area contributed by atoms with Crippen LogP contribution in [0, 0.1) is 5.41 Å². The molecule has 0 saturated carbocycles.